The summed E-state index contributed by atoms with van der Waals surface area (Å²) in [6.07, 6.45) is -0.579. The summed E-state index contributed by atoms with van der Waals surface area (Å²) in [5.74, 6) is 0.0561. The van der Waals surface area contributed by atoms with Gasteiger partial charge >= 0.3 is 5.97 Å². The predicted molar refractivity (Wildman–Crippen MR) is 109 cm³/mol. The van der Waals surface area contributed by atoms with E-state index in [0.717, 1.165) is 5.56 Å². The SMILES string of the molecule is CCOC(Cc1ccc(OCC2NC(=O)c3cc(Cl)ccc3N2)cc1)C(=O)OC. The first-order chi connectivity index (χ1) is 14.0. The molecule has 2 N–H and O–H groups in total. The summed E-state index contributed by atoms with van der Waals surface area (Å²) in [6, 6.07) is 12.5. The van der Waals surface area contributed by atoms with Gasteiger partial charge in [0.15, 0.2) is 6.10 Å². The van der Waals surface area contributed by atoms with Crippen molar-refractivity contribution in [3.8, 4) is 5.75 Å². The summed E-state index contributed by atoms with van der Waals surface area (Å²) >= 11 is 5.94. The Balaban J connectivity index is 1.56. The van der Waals surface area contributed by atoms with Gasteiger partial charge in [-0.2, -0.15) is 0 Å². The molecule has 2 aromatic rings. The number of benzene rings is 2. The molecule has 7 nitrogen and oxygen atoms in total. The summed E-state index contributed by atoms with van der Waals surface area (Å²) in [7, 11) is 1.34. The molecule has 2 unspecified atom stereocenters. The van der Waals surface area contributed by atoms with Crippen molar-refractivity contribution in [1.29, 1.82) is 0 Å². The average molecular weight is 419 g/mol. The number of amides is 1. The summed E-state index contributed by atoms with van der Waals surface area (Å²) in [6.45, 7) is 2.51. The molecule has 2 aromatic carbocycles. The van der Waals surface area contributed by atoms with E-state index in [9.17, 15) is 9.59 Å². The van der Waals surface area contributed by atoms with E-state index in [-0.39, 0.29) is 18.7 Å². The summed E-state index contributed by atoms with van der Waals surface area (Å²) in [5.41, 5.74) is 2.15. The van der Waals surface area contributed by atoms with Gasteiger partial charge in [0.1, 0.15) is 18.5 Å². The number of methoxy groups -OCH3 is 1. The van der Waals surface area contributed by atoms with Crippen LogP contribution in [-0.2, 0) is 20.7 Å². The highest BCUT2D eigenvalue weighted by atomic mass is 35.5. The van der Waals surface area contributed by atoms with Gasteiger partial charge in [-0.1, -0.05) is 23.7 Å². The van der Waals surface area contributed by atoms with E-state index in [1.54, 1.807) is 18.2 Å². The Labute approximate surface area is 174 Å². The summed E-state index contributed by atoms with van der Waals surface area (Å²) < 4.78 is 16.0. The minimum atomic E-state index is -0.632. The van der Waals surface area contributed by atoms with Gasteiger partial charge in [-0.05, 0) is 42.8 Å². The smallest absolute Gasteiger partial charge is 0.335 e. The molecule has 0 spiro atoms. The lowest BCUT2D eigenvalue weighted by Gasteiger charge is -2.27. The largest absolute Gasteiger partial charge is 0.489 e. The third-order valence-electron chi connectivity index (χ3n) is 4.45. The van der Waals surface area contributed by atoms with Crippen molar-refractivity contribution in [1.82, 2.24) is 5.32 Å². The Morgan fingerprint density at radius 3 is 2.62 bits per heavy atom. The maximum absolute atomic E-state index is 12.2. The highest BCUT2D eigenvalue weighted by Gasteiger charge is 2.24. The molecule has 0 aliphatic carbocycles. The normalized spacial score (nSPS) is 16.2. The van der Waals surface area contributed by atoms with E-state index in [2.05, 4.69) is 10.6 Å². The molecule has 1 amide bonds. The molecule has 1 aliphatic rings. The number of fused-ring (bicyclic) bond motifs is 1. The van der Waals surface area contributed by atoms with E-state index < -0.39 is 12.1 Å². The number of halogens is 1. The molecule has 0 saturated heterocycles. The first kappa shape index (κ1) is 21.0. The second kappa shape index (κ2) is 9.62. The average Bonchev–Trinajstić information content (AvgIpc) is 2.73. The number of carbonyl (C=O) groups excluding carboxylic acids is 2. The Hall–Kier alpha value is -2.77. The zero-order valence-electron chi connectivity index (χ0n) is 16.2. The van der Waals surface area contributed by atoms with E-state index in [4.69, 9.17) is 25.8 Å². The molecule has 0 radical (unpaired) electrons. The van der Waals surface area contributed by atoms with E-state index in [1.807, 2.05) is 31.2 Å². The molecule has 0 saturated carbocycles. The Kier molecular flexibility index (Phi) is 6.95. The van der Waals surface area contributed by atoms with Gasteiger partial charge in [0, 0.05) is 23.7 Å². The Morgan fingerprint density at radius 1 is 1.17 bits per heavy atom. The van der Waals surface area contributed by atoms with Crippen molar-refractivity contribution in [2.75, 3.05) is 25.6 Å². The topological polar surface area (TPSA) is 85.9 Å². The van der Waals surface area contributed by atoms with Crippen LogP contribution in [0.1, 0.15) is 22.8 Å². The van der Waals surface area contributed by atoms with E-state index in [0.29, 0.717) is 35.1 Å². The van der Waals surface area contributed by atoms with Crippen molar-refractivity contribution in [3.05, 3.63) is 58.6 Å². The fourth-order valence-corrected chi connectivity index (χ4v) is 3.20. The second-order valence-electron chi connectivity index (χ2n) is 6.49. The third-order valence-corrected chi connectivity index (χ3v) is 4.69. The molecule has 1 heterocycles. The molecule has 154 valence electrons. The van der Waals surface area contributed by atoms with Crippen molar-refractivity contribution in [3.63, 3.8) is 0 Å². The molecular formula is C21H23ClN2O5. The van der Waals surface area contributed by atoms with Crippen molar-refractivity contribution in [2.24, 2.45) is 0 Å². The van der Waals surface area contributed by atoms with Gasteiger partial charge in [-0.25, -0.2) is 4.79 Å². The Morgan fingerprint density at radius 2 is 1.93 bits per heavy atom. The lowest BCUT2D eigenvalue weighted by Crippen LogP contribution is -2.48. The highest BCUT2D eigenvalue weighted by Crippen LogP contribution is 2.24. The number of hydrogen-bond donors (Lipinski definition) is 2. The minimum absolute atomic E-state index is 0.199. The van der Waals surface area contributed by atoms with Gasteiger partial charge in [-0.3, -0.25) is 4.79 Å². The van der Waals surface area contributed by atoms with Crippen LogP contribution < -0.4 is 15.4 Å². The van der Waals surface area contributed by atoms with Crippen LogP contribution in [0, 0.1) is 0 Å². The van der Waals surface area contributed by atoms with Gasteiger partial charge < -0.3 is 24.8 Å². The number of esters is 1. The standard InChI is InChI=1S/C21H23ClN2O5/c1-3-28-18(21(26)27-2)10-13-4-7-15(8-5-13)29-12-19-23-17-9-6-14(22)11-16(17)20(25)24-19/h4-9,11,18-19,23H,3,10,12H2,1-2H3,(H,24,25). The number of anilines is 1. The number of nitrogens with one attached hydrogen (secondary N) is 2. The van der Waals surface area contributed by atoms with Crippen LogP contribution in [-0.4, -0.2) is 44.5 Å². The molecule has 0 aromatic heterocycles. The lowest BCUT2D eigenvalue weighted by atomic mass is 10.1. The molecule has 29 heavy (non-hydrogen) atoms. The zero-order chi connectivity index (χ0) is 20.8. The second-order valence-corrected chi connectivity index (χ2v) is 6.92. The zero-order valence-corrected chi connectivity index (χ0v) is 17.0. The maximum atomic E-state index is 12.2. The van der Waals surface area contributed by atoms with Gasteiger partial charge in [0.25, 0.3) is 5.91 Å². The van der Waals surface area contributed by atoms with Crippen LogP contribution in [0.3, 0.4) is 0 Å². The molecule has 1 aliphatic heterocycles. The highest BCUT2D eigenvalue weighted by molar-refractivity contribution is 6.31. The van der Waals surface area contributed by atoms with Crippen LogP contribution in [0.2, 0.25) is 5.02 Å². The first-order valence-electron chi connectivity index (χ1n) is 9.28. The molecule has 0 bridgehead atoms. The number of carbonyl (C=O) groups is 2. The number of rotatable bonds is 8. The molecule has 2 atom stereocenters. The molecule has 0 fully saturated rings. The van der Waals surface area contributed by atoms with E-state index in [1.165, 1.54) is 7.11 Å². The minimum Gasteiger partial charge on any atom is -0.489 e. The van der Waals surface area contributed by atoms with Crippen molar-refractivity contribution in [2.45, 2.75) is 25.6 Å². The third kappa shape index (κ3) is 5.40. The molecule has 8 heteroatoms. The van der Waals surface area contributed by atoms with Gasteiger partial charge in [-0.15, -0.1) is 0 Å². The van der Waals surface area contributed by atoms with Crippen LogP contribution in [0.25, 0.3) is 0 Å². The molecule has 3 rings (SSSR count). The monoisotopic (exact) mass is 418 g/mol. The Bertz CT molecular complexity index is 872. The molecular weight excluding hydrogens is 396 g/mol. The summed E-state index contributed by atoms with van der Waals surface area (Å²) in [5, 5.41) is 6.56. The first-order valence-corrected chi connectivity index (χ1v) is 9.66. The lowest BCUT2D eigenvalue weighted by molar-refractivity contribution is -0.153. The number of hydrogen-bond acceptors (Lipinski definition) is 6. The predicted octanol–water partition coefficient (Wildman–Crippen LogP) is 3.02. The van der Waals surface area contributed by atoms with Gasteiger partial charge in [0.2, 0.25) is 0 Å². The fraction of sp³-hybridized carbons (Fsp3) is 0.333. The van der Waals surface area contributed by atoms with E-state index >= 15 is 0 Å². The van der Waals surface area contributed by atoms with Crippen molar-refractivity contribution < 1.29 is 23.8 Å². The number of ether oxygens (including phenoxy) is 3. The fourth-order valence-electron chi connectivity index (χ4n) is 3.03. The van der Waals surface area contributed by atoms with Crippen LogP contribution in [0.5, 0.6) is 5.75 Å². The van der Waals surface area contributed by atoms with Gasteiger partial charge in [0.05, 0.1) is 12.7 Å². The summed E-state index contributed by atoms with van der Waals surface area (Å²) in [4.78, 5) is 24.0. The van der Waals surface area contributed by atoms with Crippen molar-refractivity contribution >= 4 is 29.2 Å². The van der Waals surface area contributed by atoms with Crippen LogP contribution in [0.4, 0.5) is 5.69 Å². The van der Waals surface area contributed by atoms with Crippen LogP contribution in [0.15, 0.2) is 42.5 Å². The quantitative estimate of drug-likeness (QED) is 0.641. The maximum Gasteiger partial charge on any atom is 0.335 e. The van der Waals surface area contributed by atoms with Crippen LogP contribution >= 0.6 is 11.6 Å².